The number of carbonyl (C=O) groups excluding carboxylic acids is 4. The minimum atomic E-state index is -0.570. The highest BCUT2D eigenvalue weighted by atomic mass is 16.7. The third-order valence-corrected chi connectivity index (χ3v) is 4.18. The smallest absolute Gasteiger partial charge is 0.330 e. The topological polar surface area (TPSA) is 80.8 Å². The Balaban J connectivity index is 1.58. The molecule has 6 heteroatoms. The Bertz CT molecular complexity index is 652. The van der Waals surface area contributed by atoms with Crippen LogP contribution >= 0.6 is 0 Å². The summed E-state index contributed by atoms with van der Waals surface area (Å²) < 4.78 is 0. The first-order valence-electron chi connectivity index (χ1n) is 8.64. The molecule has 1 aromatic rings. The van der Waals surface area contributed by atoms with Crippen LogP contribution in [-0.4, -0.2) is 28.6 Å². The summed E-state index contributed by atoms with van der Waals surface area (Å²) >= 11 is 0. The van der Waals surface area contributed by atoms with Gasteiger partial charge in [-0.3, -0.25) is 14.4 Å². The van der Waals surface area contributed by atoms with Gasteiger partial charge in [0.2, 0.25) is 0 Å². The molecule has 0 N–H and O–H groups in total. The number of hydroxylamine groups is 2. The normalized spacial score (nSPS) is 14.0. The third-order valence-electron chi connectivity index (χ3n) is 4.18. The fraction of sp³-hybridized carbons (Fsp3) is 0.474. The number of ketones is 1. The molecule has 0 aromatic heterocycles. The first kappa shape index (κ1) is 18.8. The van der Waals surface area contributed by atoms with E-state index >= 15 is 0 Å². The number of aryl methyl sites for hydroxylation is 1. The van der Waals surface area contributed by atoms with Crippen LogP contribution in [0.1, 0.15) is 67.3 Å². The molecule has 0 unspecified atom stereocenters. The SMILES string of the molecule is Cc1ccccc1C(=O)CCCCCCC(=O)ON1C(=O)CCC1=O. The van der Waals surface area contributed by atoms with E-state index in [0.717, 1.165) is 30.4 Å². The van der Waals surface area contributed by atoms with Crippen LogP contribution in [0.3, 0.4) is 0 Å². The average molecular weight is 345 g/mol. The lowest BCUT2D eigenvalue weighted by molar-refractivity contribution is -0.197. The Hall–Kier alpha value is -2.50. The van der Waals surface area contributed by atoms with Gasteiger partial charge in [-0.15, -0.1) is 5.06 Å². The van der Waals surface area contributed by atoms with Gasteiger partial charge in [-0.1, -0.05) is 37.1 Å². The van der Waals surface area contributed by atoms with Crippen LogP contribution in [0.2, 0.25) is 0 Å². The number of benzene rings is 1. The zero-order valence-corrected chi connectivity index (χ0v) is 14.5. The number of Topliss-reactive ketones (excluding diaryl/α,β-unsaturated/α-hetero) is 1. The first-order valence-corrected chi connectivity index (χ1v) is 8.64. The molecular weight excluding hydrogens is 322 g/mol. The van der Waals surface area contributed by atoms with Crippen LogP contribution in [0.5, 0.6) is 0 Å². The Morgan fingerprint density at radius 2 is 1.56 bits per heavy atom. The summed E-state index contributed by atoms with van der Waals surface area (Å²) in [5.41, 5.74) is 1.76. The number of amides is 2. The molecule has 0 radical (unpaired) electrons. The first-order chi connectivity index (χ1) is 12.0. The minimum absolute atomic E-state index is 0.0982. The molecule has 0 aliphatic carbocycles. The Labute approximate surface area is 147 Å². The Morgan fingerprint density at radius 3 is 2.20 bits per heavy atom. The van der Waals surface area contributed by atoms with Crippen molar-refractivity contribution >= 4 is 23.6 Å². The highest BCUT2D eigenvalue weighted by Crippen LogP contribution is 2.15. The molecule has 1 aromatic carbocycles. The van der Waals surface area contributed by atoms with Gasteiger partial charge in [0.1, 0.15) is 0 Å². The van der Waals surface area contributed by atoms with Crippen LogP contribution in [0.15, 0.2) is 24.3 Å². The summed E-state index contributed by atoms with van der Waals surface area (Å²) in [7, 11) is 0. The number of nitrogens with zero attached hydrogens (tertiary/aromatic N) is 1. The van der Waals surface area contributed by atoms with Crippen molar-refractivity contribution in [2.45, 2.75) is 58.3 Å². The molecule has 1 saturated heterocycles. The minimum Gasteiger partial charge on any atom is -0.330 e. The number of unbranched alkanes of at least 4 members (excludes halogenated alkanes) is 3. The van der Waals surface area contributed by atoms with Crippen molar-refractivity contribution in [3.8, 4) is 0 Å². The van der Waals surface area contributed by atoms with E-state index in [1.165, 1.54) is 0 Å². The monoisotopic (exact) mass is 345 g/mol. The maximum absolute atomic E-state index is 12.1. The lowest BCUT2D eigenvalue weighted by Crippen LogP contribution is -2.31. The molecule has 0 spiro atoms. The van der Waals surface area contributed by atoms with Gasteiger partial charge in [0.15, 0.2) is 5.78 Å². The van der Waals surface area contributed by atoms with E-state index in [1.54, 1.807) is 0 Å². The maximum Gasteiger partial charge on any atom is 0.333 e. The van der Waals surface area contributed by atoms with Gasteiger partial charge >= 0.3 is 5.97 Å². The lowest BCUT2D eigenvalue weighted by atomic mass is 10.00. The molecule has 1 heterocycles. The number of carbonyl (C=O) groups is 4. The molecule has 2 amide bonds. The standard InChI is InChI=1S/C19H23NO5/c1-14-8-6-7-9-15(14)16(21)10-4-2-3-5-11-19(24)25-20-17(22)12-13-18(20)23/h6-9H,2-5,10-13H2,1H3. The van der Waals surface area contributed by atoms with Gasteiger partial charge in [0.25, 0.3) is 11.8 Å². The van der Waals surface area contributed by atoms with Crippen molar-refractivity contribution in [2.75, 3.05) is 0 Å². The number of rotatable bonds is 9. The van der Waals surface area contributed by atoms with E-state index < -0.39 is 17.8 Å². The molecule has 1 fully saturated rings. The van der Waals surface area contributed by atoms with Crippen molar-refractivity contribution in [1.29, 1.82) is 0 Å². The van der Waals surface area contributed by atoms with E-state index in [-0.39, 0.29) is 25.0 Å². The predicted molar refractivity (Wildman–Crippen MR) is 90.4 cm³/mol. The van der Waals surface area contributed by atoms with Gasteiger partial charge < -0.3 is 4.84 Å². The molecule has 6 nitrogen and oxygen atoms in total. The molecular formula is C19H23NO5. The zero-order chi connectivity index (χ0) is 18.2. The summed E-state index contributed by atoms with van der Waals surface area (Å²) in [4.78, 5) is 51.2. The van der Waals surface area contributed by atoms with E-state index in [9.17, 15) is 19.2 Å². The number of hydrogen-bond donors (Lipinski definition) is 0. The quantitative estimate of drug-likeness (QED) is 0.390. The van der Waals surface area contributed by atoms with Gasteiger partial charge in [-0.05, 0) is 25.3 Å². The van der Waals surface area contributed by atoms with E-state index in [0.29, 0.717) is 17.9 Å². The van der Waals surface area contributed by atoms with Crippen molar-refractivity contribution in [1.82, 2.24) is 5.06 Å². The van der Waals surface area contributed by atoms with E-state index in [4.69, 9.17) is 4.84 Å². The molecule has 0 atom stereocenters. The number of imide groups is 1. The summed E-state index contributed by atoms with van der Waals surface area (Å²) in [6, 6.07) is 7.54. The molecule has 0 bridgehead atoms. The second-order valence-corrected chi connectivity index (χ2v) is 6.20. The molecule has 0 saturated carbocycles. The van der Waals surface area contributed by atoms with Gasteiger partial charge in [-0.2, -0.15) is 0 Å². The van der Waals surface area contributed by atoms with Gasteiger partial charge in [0.05, 0.1) is 0 Å². The van der Waals surface area contributed by atoms with Crippen molar-refractivity contribution in [2.24, 2.45) is 0 Å². The second-order valence-electron chi connectivity index (χ2n) is 6.20. The Morgan fingerprint density at radius 1 is 0.960 bits per heavy atom. The number of hydrogen-bond acceptors (Lipinski definition) is 5. The molecule has 2 rings (SSSR count). The highest BCUT2D eigenvalue weighted by Gasteiger charge is 2.32. The van der Waals surface area contributed by atoms with Crippen LogP contribution in [0, 0.1) is 6.92 Å². The predicted octanol–water partition coefficient (Wildman–Crippen LogP) is 3.13. The fourth-order valence-electron chi connectivity index (χ4n) is 2.73. The largest absolute Gasteiger partial charge is 0.333 e. The molecule has 1 aliphatic rings. The molecule has 25 heavy (non-hydrogen) atoms. The summed E-state index contributed by atoms with van der Waals surface area (Å²) in [6.07, 6.45) is 3.85. The average Bonchev–Trinajstić information content (AvgIpc) is 2.90. The van der Waals surface area contributed by atoms with Gasteiger partial charge in [-0.25, -0.2) is 4.79 Å². The van der Waals surface area contributed by atoms with Crippen LogP contribution in [0.25, 0.3) is 0 Å². The zero-order valence-electron chi connectivity index (χ0n) is 14.5. The lowest BCUT2D eigenvalue weighted by Gasteiger charge is -2.12. The Kier molecular flexibility index (Phi) is 6.86. The van der Waals surface area contributed by atoms with Crippen molar-refractivity contribution in [3.05, 3.63) is 35.4 Å². The maximum atomic E-state index is 12.1. The molecule has 1 aliphatic heterocycles. The van der Waals surface area contributed by atoms with Crippen LogP contribution in [-0.2, 0) is 19.2 Å². The van der Waals surface area contributed by atoms with Crippen LogP contribution < -0.4 is 0 Å². The van der Waals surface area contributed by atoms with Crippen molar-refractivity contribution in [3.63, 3.8) is 0 Å². The summed E-state index contributed by atoms with van der Waals surface area (Å²) in [6.45, 7) is 1.93. The van der Waals surface area contributed by atoms with E-state index in [1.807, 2.05) is 31.2 Å². The summed E-state index contributed by atoms with van der Waals surface area (Å²) in [5, 5.41) is 0.573. The highest BCUT2D eigenvalue weighted by molar-refractivity contribution is 6.01. The second kappa shape index (κ2) is 9.11. The molecule has 134 valence electrons. The van der Waals surface area contributed by atoms with Crippen molar-refractivity contribution < 1.29 is 24.0 Å². The van der Waals surface area contributed by atoms with E-state index in [2.05, 4.69) is 0 Å². The van der Waals surface area contributed by atoms with Gasteiger partial charge in [0, 0.05) is 31.2 Å². The summed E-state index contributed by atoms with van der Waals surface area (Å²) in [5.74, 6) is -1.36. The van der Waals surface area contributed by atoms with Crippen LogP contribution in [0.4, 0.5) is 0 Å². The fourth-order valence-corrected chi connectivity index (χ4v) is 2.73. The third kappa shape index (κ3) is 5.52.